The van der Waals surface area contributed by atoms with E-state index in [9.17, 15) is 4.79 Å². The zero-order chi connectivity index (χ0) is 10.4. The van der Waals surface area contributed by atoms with Crippen LogP contribution >= 0.6 is 0 Å². The summed E-state index contributed by atoms with van der Waals surface area (Å²) in [7, 11) is 1.69. The highest BCUT2D eigenvalue weighted by Crippen LogP contribution is 1.99. The lowest BCUT2D eigenvalue weighted by atomic mass is 10.2. The van der Waals surface area contributed by atoms with E-state index in [-0.39, 0.29) is 5.69 Å². The van der Waals surface area contributed by atoms with Gasteiger partial charge in [-0.1, -0.05) is 19.8 Å². The zero-order valence-corrected chi connectivity index (χ0v) is 8.79. The molecule has 0 fully saturated rings. The summed E-state index contributed by atoms with van der Waals surface area (Å²) in [6.45, 7) is 3.05. The van der Waals surface area contributed by atoms with Crippen molar-refractivity contribution in [3.8, 4) is 0 Å². The van der Waals surface area contributed by atoms with Gasteiger partial charge in [0.15, 0.2) is 0 Å². The quantitative estimate of drug-likeness (QED) is 0.722. The molecule has 14 heavy (non-hydrogen) atoms. The summed E-state index contributed by atoms with van der Waals surface area (Å²) in [5.74, 6) is 0.671. The average Bonchev–Trinajstić information content (AvgIpc) is 2.18. The van der Waals surface area contributed by atoms with Crippen molar-refractivity contribution in [1.29, 1.82) is 0 Å². The Morgan fingerprint density at radius 3 is 2.93 bits per heavy atom. The van der Waals surface area contributed by atoms with Gasteiger partial charge in [-0.3, -0.25) is 0 Å². The maximum Gasteiger partial charge on any atom is 0.349 e. The van der Waals surface area contributed by atoms with E-state index < -0.39 is 0 Å². The lowest BCUT2D eigenvalue weighted by Gasteiger charge is -2.04. The normalized spacial score (nSPS) is 10.1. The minimum Gasteiger partial charge on any atom is -0.370 e. The predicted octanol–water partition coefficient (Wildman–Crippen LogP) is 1.38. The van der Waals surface area contributed by atoms with Gasteiger partial charge in [0.25, 0.3) is 0 Å². The molecule has 0 unspecified atom stereocenters. The number of nitrogens with zero attached hydrogens (tertiary/aromatic N) is 2. The molecule has 0 saturated carbocycles. The molecular formula is C10H17N3O. The topological polar surface area (TPSA) is 46.9 Å². The Morgan fingerprint density at radius 1 is 1.50 bits per heavy atom. The van der Waals surface area contributed by atoms with Crippen molar-refractivity contribution in [2.45, 2.75) is 26.2 Å². The van der Waals surface area contributed by atoms with Crippen molar-refractivity contribution in [3.63, 3.8) is 0 Å². The molecule has 0 aliphatic heterocycles. The Kier molecular flexibility index (Phi) is 4.16. The lowest BCUT2D eigenvalue weighted by molar-refractivity contribution is 0.739. The molecule has 0 amide bonds. The summed E-state index contributed by atoms with van der Waals surface area (Å²) in [5.41, 5.74) is -0.217. The van der Waals surface area contributed by atoms with Crippen molar-refractivity contribution in [2.24, 2.45) is 7.05 Å². The predicted molar refractivity (Wildman–Crippen MR) is 57.5 cm³/mol. The molecule has 0 saturated heterocycles. The van der Waals surface area contributed by atoms with Crippen LogP contribution in [0.2, 0.25) is 0 Å². The molecule has 0 aliphatic carbocycles. The Morgan fingerprint density at radius 2 is 2.29 bits per heavy atom. The third-order valence-corrected chi connectivity index (χ3v) is 2.06. The maximum absolute atomic E-state index is 11.1. The molecule has 0 aliphatic rings. The minimum atomic E-state index is -0.217. The largest absolute Gasteiger partial charge is 0.370 e. The van der Waals surface area contributed by atoms with Crippen LogP contribution in [0, 0.1) is 0 Å². The number of aromatic nitrogens is 2. The molecule has 0 spiro atoms. The number of nitrogens with one attached hydrogen (secondary N) is 1. The fourth-order valence-electron chi connectivity index (χ4n) is 1.16. The fourth-order valence-corrected chi connectivity index (χ4v) is 1.16. The highest BCUT2D eigenvalue weighted by atomic mass is 16.1. The van der Waals surface area contributed by atoms with Crippen molar-refractivity contribution in [1.82, 2.24) is 9.55 Å². The lowest BCUT2D eigenvalue weighted by Crippen LogP contribution is -2.20. The van der Waals surface area contributed by atoms with Crippen LogP contribution in [-0.4, -0.2) is 16.1 Å². The van der Waals surface area contributed by atoms with Gasteiger partial charge in [-0.25, -0.2) is 4.79 Å². The van der Waals surface area contributed by atoms with Gasteiger partial charge in [-0.05, 0) is 12.5 Å². The summed E-state index contributed by atoms with van der Waals surface area (Å²) in [6, 6.07) is 1.81. The molecule has 1 heterocycles. The number of rotatable bonds is 5. The van der Waals surface area contributed by atoms with Crippen LogP contribution in [0.5, 0.6) is 0 Å². The zero-order valence-electron chi connectivity index (χ0n) is 8.79. The molecule has 1 rings (SSSR count). The molecular weight excluding hydrogens is 178 g/mol. The smallest absolute Gasteiger partial charge is 0.349 e. The van der Waals surface area contributed by atoms with Crippen LogP contribution in [0.4, 0.5) is 5.82 Å². The second-order valence-electron chi connectivity index (χ2n) is 3.34. The summed E-state index contributed by atoms with van der Waals surface area (Å²) in [5, 5.41) is 3.12. The second-order valence-corrected chi connectivity index (χ2v) is 3.34. The van der Waals surface area contributed by atoms with Crippen molar-refractivity contribution < 1.29 is 0 Å². The van der Waals surface area contributed by atoms with Gasteiger partial charge in [0.1, 0.15) is 5.82 Å². The second kappa shape index (κ2) is 5.42. The minimum absolute atomic E-state index is 0.217. The first-order valence-corrected chi connectivity index (χ1v) is 5.01. The Balaban J connectivity index is 2.44. The van der Waals surface area contributed by atoms with Gasteiger partial charge in [-0.15, -0.1) is 0 Å². The van der Waals surface area contributed by atoms with E-state index in [0.717, 1.165) is 13.0 Å². The van der Waals surface area contributed by atoms with Crippen LogP contribution in [0.3, 0.4) is 0 Å². The summed E-state index contributed by atoms with van der Waals surface area (Å²) in [6.07, 6.45) is 5.24. The Bertz CT molecular complexity index is 332. The summed E-state index contributed by atoms with van der Waals surface area (Å²) >= 11 is 0. The summed E-state index contributed by atoms with van der Waals surface area (Å²) < 4.78 is 1.46. The van der Waals surface area contributed by atoms with Gasteiger partial charge >= 0.3 is 5.69 Å². The van der Waals surface area contributed by atoms with Crippen molar-refractivity contribution in [2.75, 3.05) is 11.9 Å². The van der Waals surface area contributed by atoms with E-state index in [1.807, 2.05) is 6.07 Å². The number of hydrogen-bond acceptors (Lipinski definition) is 3. The highest BCUT2D eigenvalue weighted by Gasteiger charge is 1.95. The van der Waals surface area contributed by atoms with E-state index in [0.29, 0.717) is 5.82 Å². The maximum atomic E-state index is 11.1. The van der Waals surface area contributed by atoms with E-state index in [1.165, 1.54) is 17.4 Å². The van der Waals surface area contributed by atoms with Gasteiger partial charge in [0, 0.05) is 19.8 Å². The van der Waals surface area contributed by atoms with Gasteiger partial charge in [-0.2, -0.15) is 4.98 Å². The van der Waals surface area contributed by atoms with Gasteiger partial charge in [0.2, 0.25) is 0 Å². The third-order valence-electron chi connectivity index (χ3n) is 2.06. The standard InChI is InChI=1S/C10H17N3O/c1-3-4-5-7-11-9-6-8-13(2)10(14)12-9/h6,8H,3-5,7H2,1-2H3,(H,11,12,14). The molecule has 4 nitrogen and oxygen atoms in total. The van der Waals surface area contributed by atoms with Gasteiger partial charge in [0.05, 0.1) is 0 Å². The molecule has 0 radical (unpaired) electrons. The molecule has 1 aromatic heterocycles. The molecule has 0 bridgehead atoms. The van der Waals surface area contributed by atoms with E-state index in [2.05, 4.69) is 17.2 Å². The van der Waals surface area contributed by atoms with Crippen molar-refractivity contribution in [3.05, 3.63) is 22.7 Å². The Hall–Kier alpha value is -1.32. The van der Waals surface area contributed by atoms with Crippen LogP contribution in [0.25, 0.3) is 0 Å². The molecule has 1 N–H and O–H groups in total. The van der Waals surface area contributed by atoms with E-state index in [1.54, 1.807) is 13.2 Å². The fraction of sp³-hybridized carbons (Fsp3) is 0.600. The SMILES string of the molecule is CCCCCNc1ccn(C)c(=O)n1. The first kappa shape index (κ1) is 10.8. The van der Waals surface area contributed by atoms with Crippen molar-refractivity contribution >= 4 is 5.82 Å². The number of hydrogen-bond donors (Lipinski definition) is 1. The van der Waals surface area contributed by atoms with E-state index in [4.69, 9.17) is 0 Å². The van der Waals surface area contributed by atoms with Crippen LogP contribution in [-0.2, 0) is 7.05 Å². The molecule has 4 heteroatoms. The molecule has 0 atom stereocenters. The van der Waals surface area contributed by atoms with Crippen LogP contribution < -0.4 is 11.0 Å². The molecule has 0 aromatic carbocycles. The molecule has 1 aromatic rings. The highest BCUT2D eigenvalue weighted by molar-refractivity contribution is 5.31. The number of aryl methyl sites for hydroxylation is 1. The number of unbranched alkanes of at least 4 members (excludes halogenated alkanes) is 2. The Labute approximate surface area is 84.0 Å². The first-order valence-electron chi connectivity index (χ1n) is 5.01. The number of anilines is 1. The van der Waals surface area contributed by atoms with Crippen LogP contribution in [0.15, 0.2) is 17.1 Å². The first-order chi connectivity index (χ1) is 6.74. The van der Waals surface area contributed by atoms with Crippen LogP contribution in [0.1, 0.15) is 26.2 Å². The third kappa shape index (κ3) is 3.20. The molecule has 78 valence electrons. The average molecular weight is 195 g/mol. The monoisotopic (exact) mass is 195 g/mol. The van der Waals surface area contributed by atoms with Gasteiger partial charge < -0.3 is 9.88 Å². The van der Waals surface area contributed by atoms with E-state index >= 15 is 0 Å². The summed E-state index contributed by atoms with van der Waals surface area (Å²) in [4.78, 5) is 15.0.